The highest BCUT2D eigenvalue weighted by Gasteiger charge is 2.40. The molecule has 1 aromatic carbocycles. The van der Waals surface area contributed by atoms with Crippen LogP contribution >= 0.6 is 11.3 Å². The number of hydrogen-bond donors (Lipinski definition) is 2. The molecule has 1 aromatic heterocycles. The van der Waals surface area contributed by atoms with Gasteiger partial charge in [0.05, 0.1) is 6.42 Å². The second-order valence-electron chi connectivity index (χ2n) is 7.02. The summed E-state index contributed by atoms with van der Waals surface area (Å²) in [6, 6.07) is 11.0. The van der Waals surface area contributed by atoms with E-state index in [-0.39, 0.29) is 37.2 Å². The second kappa shape index (κ2) is 9.67. The van der Waals surface area contributed by atoms with E-state index in [1.54, 1.807) is 12.1 Å². The van der Waals surface area contributed by atoms with Gasteiger partial charge in [0.25, 0.3) is 11.8 Å². The van der Waals surface area contributed by atoms with Crippen molar-refractivity contribution in [3.63, 3.8) is 0 Å². The minimum absolute atomic E-state index is 0.165. The standard InChI is InChI=1S/C21H26N4O3S/c1-15-5-2-6-16(13-15)21(28)25-11-4-10-24(20(25)19(27)23-9-8-22)18(26)14-17-7-3-12-29-17/h2-3,5-7,12-13,20H,4,8-11,14,22H2,1H3,(H,23,27). The number of nitrogens with one attached hydrogen (secondary N) is 1. The number of benzene rings is 1. The van der Waals surface area contributed by atoms with Crippen LogP contribution in [0.4, 0.5) is 0 Å². The van der Waals surface area contributed by atoms with Crippen molar-refractivity contribution in [1.82, 2.24) is 15.1 Å². The fraction of sp³-hybridized carbons (Fsp3) is 0.381. The Morgan fingerprint density at radius 1 is 1.17 bits per heavy atom. The zero-order valence-corrected chi connectivity index (χ0v) is 17.3. The molecule has 0 radical (unpaired) electrons. The zero-order valence-electron chi connectivity index (χ0n) is 16.5. The van der Waals surface area contributed by atoms with Gasteiger partial charge in [-0.1, -0.05) is 23.8 Å². The monoisotopic (exact) mass is 414 g/mol. The van der Waals surface area contributed by atoms with Gasteiger partial charge in [0.2, 0.25) is 5.91 Å². The molecule has 1 unspecified atom stereocenters. The maximum absolute atomic E-state index is 13.2. The topological polar surface area (TPSA) is 95.7 Å². The molecule has 0 saturated carbocycles. The van der Waals surface area contributed by atoms with Crippen molar-refractivity contribution in [3.8, 4) is 0 Å². The molecule has 1 fully saturated rings. The van der Waals surface area contributed by atoms with Gasteiger partial charge in [-0.2, -0.15) is 0 Å². The zero-order chi connectivity index (χ0) is 20.8. The van der Waals surface area contributed by atoms with E-state index in [2.05, 4.69) is 5.32 Å². The van der Waals surface area contributed by atoms with Crippen molar-refractivity contribution in [1.29, 1.82) is 0 Å². The first-order valence-corrected chi connectivity index (χ1v) is 10.6. The average Bonchev–Trinajstić information content (AvgIpc) is 3.23. The van der Waals surface area contributed by atoms with E-state index in [0.717, 1.165) is 10.4 Å². The van der Waals surface area contributed by atoms with Crippen LogP contribution in [0, 0.1) is 6.92 Å². The van der Waals surface area contributed by atoms with Crippen LogP contribution < -0.4 is 11.1 Å². The summed E-state index contributed by atoms with van der Waals surface area (Å²) in [6.45, 7) is 3.33. The van der Waals surface area contributed by atoms with Crippen molar-refractivity contribution in [2.75, 3.05) is 26.2 Å². The third-order valence-corrected chi connectivity index (χ3v) is 5.69. The minimum atomic E-state index is -0.976. The fourth-order valence-electron chi connectivity index (χ4n) is 3.48. The largest absolute Gasteiger partial charge is 0.351 e. The Balaban J connectivity index is 1.87. The molecule has 8 heteroatoms. The van der Waals surface area contributed by atoms with Crippen LogP contribution in [0.3, 0.4) is 0 Å². The molecule has 3 amide bonds. The molecule has 2 aromatic rings. The fourth-order valence-corrected chi connectivity index (χ4v) is 4.17. The number of carbonyl (C=O) groups is 3. The molecule has 1 aliphatic rings. The number of nitrogens with zero attached hydrogens (tertiary/aromatic N) is 2. The molecule has 29 heavy (non-hydrogen) atoms. The Hall–Kier alpha value is -2.71. The maximum atomic E-state index is 13.2. The normalized spacial score (nSPS) is 16.6. The molecule has 1 atom stereocenters. The highest BCUT2D eigenvalue weighted by molar-refractivity contribution is 7.10. The van der Waals surface area contributed by atoms with E-state index in [9.17, 15) is 14.4 Å². The smallest absolute Gasteiger partial charge is 0.263 e. The molecular formula is C21H26N4O3S. The van der Waals surface area contributed by atoms with Crippen LogP contribution in [0.25, 0.3) is 0 Å². The van der Waals surface area contributed by atoms with Gasteiger partial charge in [0.15, 0.2) is 6.17 Å². The maximum Gasteiger partial charge on any atom is 0.263 e. The summed E-state index contributed by atoms with van der Waals surface area (Å²) < 4.78 is 0. The molecule has 7 nitrogen and oxygen atoms in total. The van der Waals surface area contributed by atoms with E-state index in [1.165, 1.54) is 21.1 Å². The van der Waals surface area contributed by atoms with Gasteiger partial charge in [-0.25, -0.2) is 0 Å². The second-order valence-corrected chi connectivity index (χ2v) is 8.05. The van der Waals surface area contributed by atoms with Crippen molar-refractivity contribution >= 4 is 29.1 Å². The molecule has 0 spiro atoms. The van der Waals surface area contributed by atoms with E-state index in [0.29, 0.717) is 25.1 Å². The van der Waals surface area contributed by atoms with Gasteiger partial charge in [0.1, 0.15) is 0 Å². The Labute approximate surface area is 174 Å². The predicted octanol–water partition coefficient (Wildman–Crippen LogP) is 1.37. The number of carbonyl (C=O) groups excluding carboxylic acids is 3. The van der Waals surface area contributed by atoms with Gasteiger partial charge in [-0.3, -0.25) is 14.4 Å². The molecular weight excluding hydrogens is 388 g/mol. The first-order valence-electron chi connectivity index (χ1n) is 9.68. The highest BCUT2D eigenvalue weighted by atomic mass is 32.1. The van der Waals surface area contributed by atoms with Crippen LogP contribution in [0.2, 0.25) is 0 Å². The lowest BCUT2D eigenvalue weighted by atomic mass is 10.1. The third-order valence-electron chi connectivity index (χ3n) is 4.82. The SMILES string of the molecule is Cc1cccc(C(=O)N2CCCN(C(=O)Cc3cccs3)C2C(=O)NCCN)c1. The number of thiophene rings is 1. The van der Waals surface area contributed by atoms with E-state index >= 15 is 0 Å². The summed E-state index contributed by atoms with van der Waals surface area (Å²) in [5.41, 5.74) is 6.99. The van der Waals surface area contributed by atoms with Crippen molar-refractivity contribution < 1.29 is 14.4 Å². The Kier molecular flexibility index (Phi) is 7.00. The van der Waals surface area contributed by atoms with Gasteiger partial charge < -0.3 is 20.9 Å². The molecule has 3 N–H and O–H groups in total. The van der Waals surface area contributed by atoms with Crippen molar-refractivity contribution in [2.45, 2.75) is 25.9 Å². The van der Waals surface area contributed by atoms with Crippen molar-refractivity contribution in [2.24, 2.45) is 5.73 Å². The lowest BCUT2D eigenvalue weighted by molar-refractivity contribution is -0.148. The molecule has 1 aliphatic heterocycles. The van der Waals surface area contributed by atoms with Crippen LogP contribution in [0.15, 0.2) is 41.8 Å². The lowest BCUT2D eigenvalue weighted by Gasteiger charge is -2.42. The molecule has 1 saturated heterocycles. The molecule has 154 valence electrons. The summed E-state index contributed by atoms with van der Waals surface area (Å²) >= 11 is 1.50. The third kappa shape index (κ3) is 5.02. The number of amides is 3. The average molecular weight is 415 g/mol. The van der Waals surface area contributed by atoms with Gasteiger partial charge in [-0.05, 0) is 36.9 Å². The highest BCUT2D eigenvalue weighted by Crippen LogP contribution is 2.21. The van der Waals surface area contributed by atoms with Crippen LogP contribution in [-0.4, -0.2) is 59.9 Å². The molecule has 2 heterocycles. The van der Waals surface area contributed by atoms with E-state index in [4.69, 9.17) is 5.73 Å². The van der Waals surface area contributed by atoms with E-state index < -0.39 is 6.17 Å². The van der Waals surface area contributed by atoms with Crippen LogP contribution in [0.5, 0.6) is 0 Å². The van der Waals surface area contributed by atoms with Crippen LogP contribution in [-0.2, 0) is 16.0 Å². The Bertz CT molecular complexity index is 869. The van der Waals surface area contributed by atoms with Gasteiger partial charge in [0, 0.05) is 36.6 Å². The summed E-state index contributed by atoms with van der Waals surface area (Å²) in [7, 11) is 0. The van der Waals surface area contributed by atoms with E-state index in [1.807, 2.05) is 36.6 Å². The Morgan fingerprint density at radius 2 is 1.97 bits per heavy atom. The lowest BCUT2D eigenvalue weighted by Crippen LogP contribution is -2.64. The molecule has 0 bridgehead atoms. The predicted molar refractivity (Wildman–Crippen MR) is 112 cm³/mol. The molecule has 0 aliphatic carbocycles. The summed E-state index contributed by atoms with van der Waals surface area (Å²) in [4.78, 5) is 43.1. The number of aryl methyl sites for hydroxylation is 1. The summed E-state index contributed by atoms with van der Waals surface area (Å²) in [5, 5.41) is 4.66. The Morgan fingerprint density at radius 3 is 2.66 bits per heavy atom. The quantitative estimate of drug-likeness (QED) is 0.746. The summed E-state index contributed by atoms with van der Waals surface area (Å²) in [5.74, 6) is -0.798. The summed E-state index contributed by atoms with van der Waals surface area (Å²) in [6.07, 6.45) is -0.144. The van der Waals surface area contributed by atoms with Crippen LogP contribution in [0.1, 0.15) is 27.2 Å². The first kappa shape index (κ1) is 21.0. The number of nitrogens with two attached hydrogens (primary N) is 1. The van der Waals surface area contributed by atoms with Crippen molar-refractivity contribution in [3.05, 3.63) is 57.8 Å². The molecule has 3 rings (SSSR count). The first-order chi connectivity index (χ1) is 14.0. The van der Waals surface area contributed by atoms with Gasteiger partial charge >= 0.3 is 0 Å². The number of rotatable bonds is 6. The number of hydrogen-bond acceptors (Lipinski definition) is 5. The minimum Gasteiger partial charge on any atom is -0.351 e. The van der Waals surface area contributed by atoms with Gasteiger partial charge in [-0.15, -0.1) is 11.3 Å².